The molecule has 0 aromatic heterocycles. The summed E-state index contributed by atoms with van der Waals surface area (Å²) in [6.07, 6.45) is 1.09. The highest BCUT2D eigenvalue weighted by Crippen LogP contribution is 2.41. The maximum atomic E-state index is 6.30. The summed E-state index contributed by atoms with van der Waals surface area (Å²) >= 11 is 12.4. The van der Waals surface area contributed by atoms with Crippen molar-refractivity contribution in [2.24, 2.45) is 0 Å². The van der Waals surface area contributed by atoms with E-state index in [1.165, 1.54) is 5.56 Å². The third-order valence-corrected chi connectivity index (χ3v) is 4.04. The van der Waals surface area contributed by atoms with Crippen LogP contribution in [0.5, 0.6) is 5.75 Å². The zero-order chi connectivity index (χ0) is 14.1. The van der Waals surface area contributed by atoms with Crippen LogP contribution in [0.4, 0.5) is 0 Å². The lowest BCUT2D eigenvalue weighted by atomic mass is 10.0. The zero-order valence-electron chi connectivity index (χ0n) is 11.1. The van der Waals surface area contributed by atoms with Crippen molar-refractivity contribution in [1.82, 2.24) is 5.32 Å². The van der Waals surface area contributed by atoms with Gasteiger partial charge in [-0.15, -0.1) is 0 Å². The van der Waals surface area contributed by atoms with Gasteiger partial charge in [-0.2, -0.15) is 0 Å². The number of para-hydroxylation sites is 1. The van der Waals surface area contributed by atoms with Crippen molar-refractivity contribution >= 4 is 23.2 Å². The summed E-state index contributed by atoms with van der Waals surface area (Å²) < 4.78 is 6.06. The Morgan fingerprint density at radius 1 is 1.20 bits per heavy atom. The molecule has 3 rings (SSSR count). The van der Waals surface area contributed by atoms with E-state index in [-0.39, 0.29) is 6.10 Å². The Balaban J connectivity index is 2.05. The van der Waals surface area contributed by atoms with Crippen molar-refractivity contribution in [2.45, 2.75) is 12.5 Å². The Morgan fingerprint density at radius 2 is 2.05 bits per heavy atom. The van der Waals surface area contributed by atoms with Gasteiger partial charge in [-0.05, 0) is 30.8 Å². The van der Waals surface area contributed by atoms with Gasteiger partial charge >= 0.3 is 0 Å². The number of benzene rings is 2. The van der Waals surface area contributed by atoms with Gasteiger partial charge in [0.25, 0.3) is 0 Å². The first-order chi connectivity index (χ1) is 9.69. The lowest BCUT2D eigenvalue weighted by molar-refractivity contribution is 0.232. The minimum absolute atomic E-state index is 0.175. The van der Waals surface area contributed by atoms with Crippen molar-refractivity contribution in [2.75, 3.05) is 13.6 Å². The molecule has 2 aromatic carbocycles. The predicted octanol–water partition coefficient (Wildman–Crippen LogP) is 4.18. The van der Waals surface area contributed by atoms with Gasteiger partial charge < -0.3 is 10.1 Å². The molecule has 1 unspecified atom stereocenters. The maximum absolute atomic E-state index is 6.30. The van der Waals surface area contributed by atoms with Gasteiger partial charge in [-0.25, -0.2) is 0 Å². The number of halogens is 2. The van der Waals surface area contributed by atoms with Crippen LogP contribution in [0.1, 0.15) is 5.56 Å². The standard InChI is InChI=1S/C16H15Cl2NO/c1-19-9-12-7-10-3-2-4-13(16(10)20-12)14-8-11(17)5-6-15(14)18/h2-6,8,12,19H,7,9H2,1H3. The van der Waals surface area contributed by atoms with Gasteiger partial charge in [-0.3, -0.25) is 0 Å². The first-order valence-electron chi connectivity index (χ1n) is 6.57. The minimum Gasteiger partial charge on any atom is -0.488 e. The molecule has 0 bridgehead atoms. The van der Waals surface area contributed by atoms with Gasteiger partial charge in [0.05, 0.1) is 0 Å². The molecule has 0 amide bonds. The van der Waals surface area contributed by atoms with E-state index in [1.807, 2.05) is 31.3 Å². The molecule has 20 heavy (non-hydrogen) atoms. The summed E-state index contributed by atoms with van der Waals surface area (Å²) in [5.41, 5.74) is 3.15. The fourth-order valence-corrected chi connectivity index (χ4v) is 2.99. The largest absolute Gasteiger partial charge is 0.488 e. The molecular formula is C16H15Cl2NO. The van der Waals surface area contributed by atoms with Crippen LogP contribution in [0.25, 0.3) is 11.1 Å². The van der Waals surface area contributed by atoms with E-state index >= 15 is 0 Å². The summed E-state index contributed by atoms with van der Waals surface area (Å²) in [4.78, 5) is 0. The summed E-state index contributed by atoms with van der Waals surface area (Å²) in [7, 11) is 1.93. The molecule has 1 atom stereocenters. The topological polar surface area (TPSA) is 21.3 Å². The van der Waals surface area contributed by atoms with Crippen LogP contribution in [0.15, 0.2) is 36.4 Å². The molecule has 1 aliphatic rings. The molecule has 4 heteroatoms. The van der Waals surface area contributed by atoms with Crippen LogP contribution >= 0.6 is 23.2 Å². The fourth-order valence-electron chi connectivity index (χ4n) is 2.60. The van der Waals surface area contributed by atoms with Gasteiger partial charge in [0.2, 0.25) is 0 Å². The second kappa shape index (κ2) is 5.65. The van der Waals surface area contributed by atoms with E-state index in [2.05, 4.69) is 11.4 Å². The number of likely N-dealkylation sites (N-methyl/N-ethyl adjacent to an activating group) is 1. The SMILES string of the molecule is CNCC1Cc2cccc(-c3cc(Cl)ccc3Cl)c2O1. The van der Waals surface area contributed by atoms with E-state index in [0.29, 0.717) is 10.0 Å². The Bertz CT molecular complexity index is 642. The number of fused-ring (bicyclic) bond motifs is 1. The van der Waals surface area contributed by atoms with E-state index in [4.69, 9.17) is 27.9 Å². The lowest BCUT2D eigenvalue weighted by Crippen LogP contribution is -2.27. The average molecular weight is 308 g/mol. The van der Waals surface area contributed by atoms with Crippen LogP contribution in [0.2, 0.25) is 10.0 Å². The van der Waals surface area contributed by atoms with Crippen molar-refractivity contribution in [3.05, 3.63) is 52.0 Å². The van der Waals surface area contributed by atoms with Crippen LogP contribution in [-0.2, 0) is 6.42 Å². The van der Waals surface area contributed by atoms with E-state index < -0.39 is 0 Å². The molecular weight excluding hydrogens is 293 g/mol. The smallest absolute Gasteiger partial charge is 0.131 e. The Hall–Kier alpha value is -1.22. The minimum atomic E-state index is 0.175. The number of nitrogens with one attached hydrogen (secondary N) is 1. The Labute approximate surface area is 128 Å². The molecule has 0 spiro atoms. The molecule has 104 valence electrons. The van der Waals surface area contributed by atoms with Crippen LogP contribution in [0, 0.1) is 0 Å². The highest BCUT2D eigenvalue weighted by molar-refractivity contribution is 6.35. The van der Waals surface area contributed by atoms with Gasteiger partial charge in [-0.1, -0.05) is 41.4 Å². The molecule has 1 N–H and O–H groups in total. The molecule has 0 aliphatic carbocycles. The molecule has 1 heterocycles. The second-order valence-corrected chi connectivity index (χ2v) is 5.76. The number of hydrogen-bond donors (Lipinski definition) is 1. The maximum Gasteiger partial charge on any atom is 0.131 e. The van der Waals surface area contributed by atoms with Gasteiger partial charge in [0.15, 0.2) is 0 Å². The third kappa shape index (κ3) is 2.51. The zero-order valence-corrected chi connectivity index (χ0v) is 12.6. The number of hydrogen-bond acceptors (Lipinski definition) is 2. The summed E-state index contributed by atoms with van der Waals surface area (Å²) in [5.74, 6) is 0.928. The van der Waals surface area contributed by atoms with Crippen molar-refractivity contribution in [1.29, 1.82) is 0 Å². The van der Waals surface area contributed by atoms with E-state index in [1.54, 1.807) is 6.07 Å². The normalized spacial score (nSPS) is 16.9. The summed E-state index contributed by atoms with van der Waals surface area (Å²) in [6.45, 7) is 0.831. The average Bonchev–Trinajstić information content (AvgIpc) is 2.84. The number of ether oxygens (including phenoxy) is 1. The monoisotopic (exact) mass is 307 g/mol. The molecule has 2 nitrogen and oxygen atoms in total. The van der Waals surface area contributed by atoms with E-state index in [9.17, 15) is 0 Å². The summed E-state index contributed by atoms with van der Waals surface area (Å²) in [5, 5.41) is 4.51. The first kappa shape index (κ1) is 13.7. The van der Waals surface area contributed by atoms with Crippen LogP contribution in [0.3, 0.4) is 0 Å². The lowest BCUT2D eigenvalue weighted by Gasteiger charge is -2.13. The molecule has 0 fully saturated rings. The molecule has 0 radical (unpaired) electrons. The van der Waals surface area contributed by atoms with Crippen molar-refractivity contribution < 1.29 is 4.74 Å². The van der Waals surface area contributed by atoms with E-state index in [0.717, 1.165) is 29.8 Å². The molecule has 1 aliphatic heterocycles. The predicted molar refractivity (Wildman–Crippen MR) is 83.9 cm³/mol. The van der Waals surface area contributed by atoms with Gasteiger partial charge in [0, 0.05) is 34.1 Å². The highest BCUT2D eigenvalue weighted by atomic mass is 35.5. The number of rotatable bonds is 3. The van der Waals surface area contributed by atoms with Crippen LogP contribution in [-0.4, -0.2) is 19.7 Å². The van der Waals surface area contributed by atoms with Crippen molar-refractivity contribution in [3.8, 4) is 16.9 Å². The highest BCUT2D eigenvalue weighted by Gasteiger charge is 2.25. The Morgan fingerprint density at radius 3 is 2.85 bits per heavy atom. The van der Waals surface area contributed by atoms with Gasteiger partial charge in [0.1, 0.15) is 11.9 Å². The third-order valence-electron chi connectivity index (χ3n) is 3.48. The quantitative estimate of drug-likeness (QED) is 0.918. The van der Waals surface area contributed by atoms with Crippen molar-refractivity contribution in [3.63, 3.8) is 0 Å². The molecule has 0 saturated carbocycles. The molecule has 2 aromatic rings. The fraction of sp³-hybridized carbons (Fsp3) is 0.250. The van der Waals surface area contributed by atoms with Crippen LogP contribution < -0.4 is 10.1 Å². The summed E-state index contributed by atoms with van der Waals surface area (Å²) in [6, 6.07) is 11.7. The second-order valence-electron chi connectivity index (χ2n) is 4.92. The molecule has 0 saturated heterocycles. The first-order valence-corrected chi connectivity index (χ1v) is 7.33. The Kier molecular flexibility index (Phi) is 3.88.